The predicted molar refractivity (Wildman–Crippen MR) is 63.8 cm³/mol. The molecule has 2 heteroatoms. The molecular weight excluding hydrogens is 208 g/mol. The van der Waals surface area contributed by atoms with E-state index in [0.29, 0.717) is 17.9 Å². The van der Waals surface area contributed by atoms with Crippen LogP contribution in [0.15, 0.2) is 18.2 Å². The Labute approximate surface area is 96.1 Å². The lowest BCUT2D eigenvalue weighted by molar-refractivity contribution is 0.169. The molecule has 0 heterocycles. The van der Waals surface area contributed by atoms with Gasteiger partial charge < -0.3 is 5.11 Å². The Balaban J connectivity index is 2.76. The molecule has 1 aromatic carbocycles. The number of halogens is 1. The van der Waals surface area contributed by atoms with E-state index in [1.165, 1.54) is 0 Å². The highest BCUT2D eigenvalue weighted by Crippen LogP contribution is 2.26. The number of hydrogen-bond donors (Lipinski definition) is 1. The topological polar surface area (TPSA) is 20.2 Å². The van der Waals surface area contributed by atoms with Gasteiger partial charge in [-0.1, -0.05) is 23.7 Å². The third-order valence-electron chi connectivity index (χ3n) is 2.39. The van der Waals surface area contributed by atoms with Gasteiger partial charge in [0, 0.05) is 11.4 Å². The highest BCUT2D eigenvalue weighted by atomic mass is 35.5. The summed E-state index contributed by atoms with van der Waals surface area (Å²) in [6, 6.07) is 5.60. The van der Waals surface area contributed by atoms with E-state index in [2.05, 4.69) is 11.8 Å². The minimum Gasteiger partial charge on any atom is -0.388 e. The molecule has 0 aliphatic carbocycles. The molecule has 15 heavy (non-hydrogen) atoms. The second-order valence-electron chi connectivity index (χ2n) is 3.44. The molecule has 1 rings (SSSR count). The molecule has 0 bridgehead atoms. The van der Waals surface area contributed by atoms with Crippen LogP contribution in [0.1, 0.15) is 37.0 Å². The first-order valence-electron chi connectivity index (χ1n) is 4.99. The van der Waals surface area contributed by atoms with E-state index in [1.807, 2.05) is 25.1 Å². The molecule has 0 spiro atoms. The summed E-state index contributed by atoms with van der Waals surface area (Å²) in [5.41, 5.74) is 1.86. The molecule has 1 aromatic rings. The van der Waals surface area contributed by atoms with Crippen molar-refractivity contribution in [1.82, 2.24) is 0 Å². The zero-order valence-electron chi connectivity index (χ0n) is 9.05. The molecule has 0 saturated heterocycles. The molecule has 0 saturated carbocycles. The average Bonchev–Trinajstić information content (AvgIpc) is 2.22. The Kier molecular flexibility index (Phi) is 4.68. The van der Waals surface area contributed by atoms with Gasteiger partial charge in [0.1, 0.15) is 0 Å². The van der Waals surface area contributed by atoms with Crippen LogP contribution in [-0.4, -0.2) is 5.11 Å². The van der Waals surface area contributed by atoms with Crippen molar-refractivity contribution in [2.45, 2.75) is 32.8 Å². The molecule has 1 atom stereocenters. The smallest absolute Gasteiger partial charge is 0.0802 e. The fraction of sp³-hybridized carbons (Fsp3) is 0.385. The van der Waals surface area contributed by atoms with Crippen molar-refractivity contribution in [2.75, 3.05) is 0 Å². The number of rotatable bonds is 3. The second kappa shape index (κ2) is 5.80. The van der Waals surface area contributed by atoms with E-state index in [-0.39, 0.29) is 0 Å². The minimum atomic E-state index is -0.468. The fourth-order valence-corrected chi connectivity index (χ4v) is 1.66. The van der Waals surface area contributed by atoms with E-state index >= 15 is 0 Å². The van der Waals surface area contributed by atoms with Gasteiger partial charge in [-0.3, -0.25) is 0 Å². The van der Waals surface area contributed by atoms with Gasteiger partial charge in [0.15, 0.2) is 0 Å². The highest BCUT2D eigenvalue weighted by molar-refractivity contribution is 6.31. The summed E-state index contributed by atoms with van der Waals surface area (Å²) in [5.74, 6) is 5.75. The van der Waals surface area contributed by atoms with Gasteiger partial charge in [0.25, 0.3) is 0 Å². The lowest BCUT2D eigenvalue weighted by Gasteiger charge is -2.13. The van der Waals surface area contributed by atoms with Gasteiger partial charge in [0.2, 0.25) is 0 Å². The van der Waals surface area contributed by atoms with Crippen molar-refractivity contribution in [3.63, 3.8) is 0 Å². The third-order valence-corrected chi connectivity index (χ3v) is 2.80. The first-order valence-corrected chi connectivity index (χ1v) is 5.37. The van der Waals surface area contributed by atoms with Crippen LogP contribution in [-0.2, 0) is 0 Å². The van der Waals surface area contributed by atoms with E-state index in [0.717, 1.165) is 11.1 Å². The fourth-order valence-electron chi connectivity index (χ4n) is 1.47. The standard InChI is InChI=1S/C13H15ClO/c1-3-4-5-9-13(15)11-7-6-8-12(14)10(11)2/h6-8,13,15H,5,9H2,1-2H3. The summed E-state index contributed by atoms with van der Waals surface area (Å²) in [4.78, 5) is 0. The number of aliphatic hydroxyl groups is 1. The van der Waals surface area contributed by atoms with Crippen LogP contribution in [0.25, 0.3) is 0 Å². The minimum absolute atomic E-state index is 0.468. The van der Waals surface area contributed by atoms with Crippen molar-refractivity contribution in [3.8, 4) is 11.8 Å². The maximum absolute atomic E-state index is 9.93. The first-order chi connectivity index (χ1) is 7.16. The zero-order valence-corrected chi connectivity index (χ0v) is 9.80. The second-order valence-corrected chi connectivity index (χ2v) is 3.84. The van der Waals surface area contributed by atoms with Crippen molar-refractivity contribution in [1.29, 1.82) is 0 Å². The molecule has 0 aliphatic rings. The van der Waals surface area contributed by atoms with Gasteiger partial charge in [0.05, 0.1) is 6.10 Å². The largest absolute Gasteiger partial charge is 0.388 e. The number of benzene rings is 1. The van der Waals surface area contributed by atoms with Crippen LogP contribution in [0.5, 0.6) is 0 Å². The van der Waals surface area contributed by atoms with Gasteiger partial charge in [-0.15, -0.1) is 11.8 Å². The summed E-state index contributed by atoms with van der Waals surface area (Å²) in [6.45, 7) is 3.73. The Morgan fingerprint density at radius 1 is 1.47 bits per heavy atom. The van der Waals surface area contributed by atoms with Crippen LogP contribution in [0, 0.1) is 18.8 Å². The molecule has 80 valence electrons. The normalized spacial score (nSPS) is 11.7. The Bertz CT molecular complexity index is 387. The quantitative estimate of drug-likeness (QED) is 0.777. The van der Waals surface area contributed by atoms with Crippen molar-refractivity contribution in [2.24, 2.45) is 0 Å². The molecule has 0 amide bonds. The van der Waals surface area contributed by atoms with Gasteiger partial charge in [-0.05, 0) is 37.5 Å². The first kappa shape index (κ1) is 12.1. The monoisotopic (exact) mass is 222 g/mol. The highest BCUT2D eigenvalue weighted by Gasteiger charge is 2.10. The predicted octanol–water partition coefficient (Wildman–Crippen LogP) is 3.49. The average molecular weight is 223 g/mol. The third kappa shape index (κ3) is 3.27. The van der Waals surface area contributed by atoms with Crippen molar-refractivity contribution < 1.29 is 5.11 Å². The molecular formula is C13H15ClO. The summed E-state index contributed by atoms with van der Waals surface area (Å²) in [6.07, 6.45) is 0.899. The zero-order chi connectivity index (χ0) is 11.3. The number of hydrogen-bond acceptors (Lipinski definition) is 1. The summed E-state index contributed by atoms with van der Waals surface area (Å²) in [5, 5.41) is 10.6. The van der Waals surface area contributed by atoms with Gasteiger partial charge in [-0.25, -0.2) is 0 Å². The van der Waals surface area contributed by atoms with Crippen molar-refractivity contribution in [3.05, 3.63) is 34.3 Å². The SMILES string of the molecule is CC#CCCC(O)c1cccc(Cl)c1C. The van der Waals surface area contributed by atoms with E-state index in [4.69, 9.17) is 11.6 Å². The molecule has 0 aromatic heterocycles. The number of aliphatic hydroxyl groups excluding tert-OH is 1. The van der Waals surface area contributed by atoms with Crippen LogP contribution < -0.4 is 0 Å². The maximum Gasteiger partial charge on any atom is 0.0802 e. The summed E-state index contributed by atoms with van der Waals surface area (Å²) in [7, 11) is 0. The van der Waals surface area contributed by atoms with Crippen LogP contribution >= 0.6 is 11.6 Å². The Morgan fingerprint density at radius 3 is 2.87 bits per heavy atom. The lowest BCUT2D eigenvalue weighted by Crippen LogP contribution is -1.99. The molecule has 0 fully saturated rings. The lowest BCUT2D eigenvalue weighted by atomic mass is 10.0. The summed E-state index contributed by atoms with van der Waals surface area (Å²) >= 11 is 5.98. The maximum atomic E-state index is 9.93. The van der Waals surface area contributed by atoms with Crippen LogP contribution in [0.4, 0.5) is 0 Å². The van der Waals surface area contributed by atoms with Gasteiger partial charge in [-0.2, -0.15) is 0 Å². The van der Waals surface area contributed by atoms with E-state index < -0.39 is 6.10 Å². The Hall–Kier alpha value is -0.970. The molecule has 1 unspecified atom stereocenters. The van der Waals surface area contributed by atoms with E-state index in [1.54, 1.807) is 6.92 Å². The van der Waals surface area contributed by atoms with E-state index in [9.17, 15) is 5.11 Å². The van der Waals surface area contributed by atoms with Crippen molar-refractivity contribution >= 4 is 11.6 Å². The van der Waals surface area contributed by atoms with Gasteiger partial charge >= 0.3 is 0 Å². The van der Waals surface area contributed by atoms with Crippen LogP contribution in [0.2, 0.25) is 5.02 Å². The molecule has 0 aliphatic heterocycles. The summed E-state index contributed by atoms with van der Waals surface area (Å²) < 4.78 is 0. The van der Waals surface area contributed by atoms with Crippen LogP contribution in [0.3, 0.4) is 0 Å². The molecule has 1 nitrogen and oxygen atoms in total. The Morgan fingerprint density at radius 2 is 2.20 bits per heavy atom. The molecule has 0 radical (unpaired) electrons. The molecule has 1 N–H and O–H groups in total.